The lowest BCUT2D eigenvalue weighted by atomic mass is 9.73. The molecule has 7 heteroatoms. The summed E-state index contributed by atoms with van der Waals surface area (Å²) in [6.45, 7) is 3.00. The highest BCUT2D eigenvalue weighted by molar-refractivity contribution is 6.23. The number of amides is 1. The number of nitrogens with one attached hydrogen (secondary N) is 2. The van der Waals surface area contributed by atoms with E-state index < -0.39 is 6.17 Å². The zero-order valence-electron chi connectivity index (χ0n) is 14.6. The van der Waals surface area contributed by atoms with E-state index >= 15 is 0 Å². The van der Waals surface area contributed by atoms with Crippen LogP contribution in [0.15, 0.2) is 29.6 Å². The summed E-state index contributed by atoms with van der Waals surface area (Å²) in [5.74, 6) is 1.15. The average Bonchev–Trinajstić information content (AvgIpc) is 2.93. The summed E-state index contributed by atoms with van der Waals surface area (Å²) in [5.41, 5.74) is 3.64. The second-order valence-corrected chi connectivity index (χ2v) is 7.78. The highest BCUT2D eigenvalue weighted by Crippen LogP contribution is 2.44. The van der Waals surface area contributed by atoms with Crippen molar-refractivity contribution in [3.8, 4) is 0 Å². The Balaban J connectivity index is 1.25. The Labute approximate surface area is 157 Å². The van der Waals surface area contributed by atoms with Gasteiger partial charge in [0.2, 0.25) is 5.91 Å². The monoisotopic (exact) mass is 376 g/mol. The molecule has 2 N–H and O–H groups in total. The van der Waals surface area contributed by atoms with E-state index in [9.17, 15) is 9.18 Å². The molecule has 1 saturated carbocycles. The molecular formula is C19H22ClFN4O. The van der Waals surface area contributed by atoms with E-state index in [1.54, 1.807) is 0 Å². The van der Waals surface area contributed by atoms with Crippen LogP contribution in [0.5, 0.6) is 0 Å². The lowest BCUT2D eigenvalue weighted by molar-refractivity contribution is -0.120. The number of rotatable bonds is 6. The minimum absolute atomic E-state index is 0.00701. The number of allylic oxidation sites excluding steroid dienone is 3. The van der Waals surface area contributed by atoms with E-state index in [1.807, 2.05) is 6.92 Å². The highest BCUT2D eigenvalue weighted by atomic mass is 35.5. The first kappa shape index (κ1) is 17.5. The van der Waals surface area contributed by atoms with E-state index in [1.165, 1.54) is 11.9 Å². The molecule has 4 aliphatic carbocycles. The highest BCUT2D eigenvalue weighted by Gasteiger charge is 2.36. The van der Waals surface area contributed by atoms with Crippen LogP contribution in [0.25, 0.3) is 0 Å². The fourth-order valence-corrected chi connectivity index (χ4v) is 4.33. The molecule has 4 atom stereocenters. The molecule has 138 valence electrons. The fourth-order valence-electron chi connectivity index (χ4n) is 4.01. The van der Waals surface area contributed by atoms with Crippen molar-refractivity contribution in [1.29, 1.82) is 0 Å². The molecular weight excluding hydrogens is 355 g/mol. The zero-order chi connectivity index (χ0) is 18.3. The van der Waals surface area contributed by atoms with Gasteiger partial charge in [-0.25, -0.2) is 14.4 Å². The van der Waals surface area contributed by atoms with Gasteiger partial charge >= 0.3 is 0 Å². The lowest BCUT2D eigenvalue weighted by Gasteiger charge is -2.37. The molecule has 26 heavy (non-hydrogen) atoms. The standard InChI is InChI=1S/C19H22ClFN4O/c1-10-4-14(21)18-16(10)19(25-9-24-18)23-3-2-22-15(26)7-11-5-12-8-13(6-11)17(12)20/h5-6,9-10,12,14,17H,2-4,7-8H2,1H3,(H,22,26)(H,23,24,25). The second-order valence-electron chi connectivity index (χ2n) is 7.31. The fraction of sp³-hybridized carbons (Fsp3) is 0.526. The number of aromatic nitrogens is 2. The summed E-state index contributed by atoms with van der Waals surface area (Å²) in [5, 5.41) is 6.24. The number of nitrogens with zero attached hydrogens (tertiary/aromatic N) is 2. The summed E-state index contributed by atoms with van der Waals surface area (Å²) in [6.07, 6.45) is 6.41. The van der Waals surface area contributed by atoms with Crippen LogP contribution in [0.4, 0.5) is 10.2 Å². The Bertz CT molecular complexity index is 794. The van der Waals surface area contributed by atoms with Crippen molar-refractivity contribution >= 4 is 23.3 Å². The quantitative estimate of drug-likeness (QED) is 0.589. The molecule has 4 unspecified atom stereocenters. The predicted octanol–water partition coefficient (Wildman–Crippen LogP) is 3.41. The van der Waals surface area contributed by atoms with Gasteiger partial charge in [0, 0.05) is 24.6 Å². The molecule has 1 aromatic heterocycles. The van der Waals surface area contributed by atoms with Crippen molar-refractivity contribution in [1.82, 2.24) is 15.3 Å². The van der Waals surface area contributed by atoms with Gasteiger partial charge in [-0.3, -0.25) is 4.79 Å². The largest absolute Gasteiger partial charge is 0.368 e. The number of hydrogen-bond donors (Lipinski definition) is 2. The summed E-state index contributed by atoms with van der Waals surface area (Å²) in [7, 11) is 0. The number of hydrogen-bond acceptors (Lipinski definition) is 4. The zero-order valence-corrected chi connectivity index (χ0v) is 15.4. The molecule has 1 heterocycles. The molecule has 0 radical (unpaired) electrons. The molecule has 5 rings (SSSR count). The summed E-state index contributed by atoms with van der Waals surface area (Å²) in [4.78, 5) is 20.4. The third-order valence-corrected chi connectivity index (χ3v) is 5.97. The van der Waals surface area contributed by atoms with Gasteiger partial charge in [0.05, 0.1) is 17.5 Å². The van der Waals surface area contributed by atoms with Crippen LogP contribution in [-0.2, 0) is 4.79 Å². The number of halogens is 2. The van der Waals surface area contributed by atoms with Crippen LogP contribution in [0.3, 0.4) is 0 Å². The van der Waals surface area contributed by atoms with Crippen molar-refractivity contribution in [3.05, 3.63) is 40.9 Å². The summed E-state index contributed by atoms with van der Waals surface area (Å²) in [6, 6.07) is 0. The van der Waals surface area contributed by atoms with Crippen molar-refractivity contribution in [2.24, 2.45) is 5.92 Å². The third kappa shape index (κ3) is 3.22. The smallest absolute Gasteiger partial charge is 0.224 e. The molecule has 0 aromatic carbocycles. The van der Waals surface area contributed by atoms with Crippen LogP contribution in [-0.4, -0.2) is 34.3 Å². The number of fused-ring (bicyclic) bond motifs is 2. The molecule has 5 nitrogen and oxygen atoms in total. The van der Waals surface area contributed by atoms with Gasteiger partial charge in [-0.1, -0.05) is 24.6 Å². The second kappa shape index (κ2) is 6.99. The van der Waals surface area contributed by atoms with Gasteiger partial charge in [-0.2, -0.15) is 0 Å². The number of carbonyl (C=O) groups is 1. The summed E-state index contributed by atoms with van der Waals surface area (Å²) >= 11 is 6.18. The first-order valence-electron chi connectivity index (χ1n) is 9.07. The van der Waals surface area contributed by atoms with Gasteiger partial charge < -0.3 is 10.6 Å². The van der Waals surface area contributed by atoms with E-state index in [0.717, 1.165) is 17.6 Å². The van der Waals surface area contributed by atoms with Crippen LogP contribution < -0.4 is 10.6 Å². The Morgan fingerprint density at radius 2 is 2.23 bits per heavy atom. The molecule has 0 saturated heterocycles. The average molecular weight is 377 g/mol. The lowest BCUT2D eigenvalue weighted by Crippen LogP contribution is -2.33. The molecule has 0 spiro atoms. The number of carbonyl (C=O) groups excluding carboxylic acids is 1. The van der Waals surface area contributed by atoms with E-state index in [2.05, 4.69) is 32.8 Å². The Hall–Kier alpha value is -1.95. The molecule has 0 aliphatic heterocycles. The van der Waals surface area contributed by atoms with Crippen molar-refractivity contribution in [2.45, 2.75) is 43.7 Å². The topological polar surface area (TPSA) is 66.9 Å². The van der Waals surface area contributed by atoms with E-state index in [0.29, 0.717) is 43.4 Å². The Morgan fingerprint density at radius 3 is 2.96 bits per heavy atom. The number of anilines is 1. The minimum Gasteiger partial charge on any atom is -0.368 e. The Morgan fingerprint density at radius 1 is 1.38 bits per heavy atom. The number of alkyl halides is 2. The van der Waals surface area contributed by atoms with Crippen molar-refractivity contribution in [3.63, 3.8) is 0 Å². The van der Waals surface area contributed by atoms with E-state index in [4.69, 9.17) is 11.6 Å². The molecule has 1 fully saturated rings. The maximum absolute atomic E-state index is 13.9. The molecule has 2 bridgehead atoms. The maximum atomic E-state index is 13.9. The first-order valence-corrected chi connectivity index (χ1v) is 9.51. The van der Waals surface area contributed by atoms with Gasteiger partial charge in [0.1, 0.15) is 18.3 Å². The predicted molar refractivity (Wildman–Crippen MR) is 98.9 cm³/mol. The maximum Gasteiger partial charge on any atom is 0.224 e. The van der Waals surface area contributed by atoms with Crippen LogP contribution >= 0.6 is 11.6 Å². The van der Waals surface area contributed by atoms with Crippen LogP contribution in [0.2, 0.25) is 0 Å². The normalized spacial score (nSPS) is 28.6. The van der Waals surface area contributed by atoms with E-state index in [-0.39, 0.29) is 17.2 Å². The first-order chi connectivity index (χ1) is 12.5. The van der Waals surface area contributed by atoms with Gasteiger partial charge in [0.25, 0.3) is 0 Å². The third-order valence-electron chi connectivity index (χ3n) is 5.37. The minimum atomic E-state index is -1.01. The molecule has 4 aliphatic rings. The van der Waals surface area contributed by atoms with Gasteiger partial charge in [0.15, 0.2) is 0 Å². The molecule has 1 aromatic rings. The Kier molecular flexibility index (Phi) is 4.69. The van der Waals surface area contributed by atoms with Gasteiger partial charge in [-0.15, -0.1) is 11.6 Å². The van der Waals surface area contributed by atoms with Crippen LogP contribution in [0, 0.1) is 5.92 Å². The van der Waals surface area contributed by atoms with Crippen molar-refractivity contribution < 1.29 is 9.18 Å². The SMILES string of the molecule is CC1CC(F)c2ncnc(NCCNC(=O)CC3=CC4CC(=C3)C4Cl)c21. The van der Waals surface area contributed by atoms with Gasteiger partial charge in [-0.05, 0) is 24.3 Å². The molecule has 1 amide bonds. The van der Waals surface area contributed by atoms with Crippen molar-refractivity contribution in [2.75, 3.05) is 18.4 Å². The summed E-state index contributed by atoms with van der Waals surface area (Å²) < 4.78 is 13.9. The van der Waals surface area contributed by atoms with Crippen LogP contribution in [0.1, 0.15) is 49.5 Å².